The molecule has 0 spiro atoms. The molecule has 0 bridgehead atoms. The highest BCUT2D eigenvalue weighted by atomic mass is 16.5. The lowest BCUT2D eigenvalue weighted by Crippen LogP contribution is -2.42. The maximum absolute atomic E-state index is 11.1. The summed E-state index contributed by atoms with van der Waals surface area (Å²) < 4.78 is 6.07. The van der Waals surface area contributed by atoms with Gasteiger partial charge in [-0.1, -0.05) is 54.1 Å². The summed E-state index contributed by atoms with van der Waals surface area (Å²) in [5.41, 5.74) is 3.77. The number of likely N-dealkylation sites (tertiary alicyclic amines) is 1. The third-order valence-corrected chi connectivity index (χ3v) is 5.76. The molecule has 2 heterocycles. The fourth-order valence-corrected chi connectivity index (χ4v) is 3.89. The van der Waals surface area contributed by atoms with E-state index in [1.807, 2.05) is 30.5 Å². The maximum atomic E-state index is 11.1. The van der Waals surface area contributed by atoms with E-state index in [2.05, 4.69) is 53.2 Å². The lowest BCUT2D eigenvalue weighted by molar-refractivity contribution is -0.0278. The molecule has 0 aliphatic carbocycles. The molecule has 0 radical (unpaired) electrons. The first-order chi connectivity index (χ1) is 14.1. The average Bonchev–Trinajstić information content (AvgIpc) is 2.76. The van der Waals surface area contributed by atoms with Crippen molar-refractivity contribution in [3.63, 3.8) is 0 Å². The van der Waals surface area contributed by atoms with Gasteiger partial charge in [0.2, 0.25) is 0 Å². The number of rotatable bonds is 6. The highest BCUT2D eigenvalue weighted by molar-refractivity contribution is 5.34. The number of aromatic nitrogens is 1. The van der Waals surface area contributed by atoms with Crippen molar-refractivity contribution in [2.24, 2.45) is 0 Å². The number of nitrogens with zero attached hydrogens (tertiary/aromatic N) is 2. The van der Waals surface area contributed by atoms with Crippen LogP contribution in [0.3, 0.4) is 0 Å². The van der Waals surface area contributed by atoms with Gasteiger partial charge in [-0.25, -0.2) is 0 Å². The van der Waals surface area contributed by atoms with E-state index in [4.69, 9.17) is 4.74 Å². The number of hydrogen-bond acceptors (Lipinski definition) is 4. The van der Waals surface area contributed by atoms with Gasteiger partial charge in [-0.05, 0) is 37.5 Å². The first-order valence-corrected chi connectivity index (χ1v) is 10.2. The van der Waals surface area contributed by atoms with Crippen molar-refractivity contribution in [3.8, 4) is 5.75 Å². The Hall–Kier alpha value is -2.69. The normalized spacial score (nSPS) is 16.5. The first kappa shape index (κ1) is 19.6. The summed E-state index contributed by atoms with van der Waals surface area (Å²) in [7, 11) is 0. The van der Waals surface area contributed by atoms with Crippen molar-refractivity contribution < 1.29 is 9.84 Å². The Labute approximate surface area is 172 Å². The van der Waals surface area contributed by atoms with E-state index in [1.165, 1.54) is 11.1 Å². The van der Waals surface area contributed by atoms with Crippen molar-refractivity contribution in [2.45, 2.75) is 38.5 Å². The van der Waals surface area contributed by atoms with E-state index in [-0.39, 0.29) is 0 Å². The Morgan fingerprint density at radius 3 is 2.48 bits per heavy atom. The van der Waals surface area contributed by atoms with E-state index < -0.39 is 5.60 Å². The van der Waals surface area contributed by atoms with Crippen LogP contribution in [0.15, 0.2) is 73.1 Å². The van der Waals surface area contributed by atoms with E-state index in [9.17, 15) is 5.11 Å². The topological polar surface area (TPSA) is 45.6 Å². The molecule has 150 valence electrons. The predicted octanol–water partition coefficient (Wildman–Crippen LogP) is 4.45. The van der Waals surface area contributed by atoms with Gasteiger partial charge >= 0.3 is 0 Å². The zero-order valence-corrected chi connectivity index (χ0v) is 16.9. The van der Waals surface area contributed by atoms with Crippen LogP contribution < -0.4 is 4.74 Å². The molecule has 1 saturated heterocycles. The summed E-state index contributed by atoms with van der Waals surface area (Å²) >= 11 is 0. The van der Waals surface area contributed by atoms with Gasteiger partial charge in [-0.15, -0.1) is 0 Å². The highest BCUT2D eigenvalue weighted by Crippen LogP contribution is 2.34. The lowest BCUT2D eigenvalue weighted by Gasteiger charge is -2.38. The molecule has 29 heavy (non-hydrogen) atoms. The van der Waals surface area contributed by atoms with Crippen LogP contribution >= 0.6 is 0 Å². The molecule has 1 N–H and O–H groups in total. The molecule has 1 aliphatic rings. The summed E-state index contributed by atoms with van der Waals surface area (Å²) in [6.45, 7) is 5.14. The van der Waals surface area contributed by atoms with E-state index >= 15 is 0 Å². The van der Waals surface area contributed by atoms with Crippen molar-refractivity contribution in [1.82, 2.24) is 9.88 Å². The minimum Gasteiger partial charge on any atom is -0.489 e. The van der Waals surface area contributed by atoms with E-state index in [0.29, 0.717) is 6.61 Å². The van der Waals surface area contributed by atoms with Crippen LogP contribution in [0.5, 0.6) is 5.75 Å². The SMILES string of the molecule is Cc1ccc(C2(O)CCN(Cc3ccccc3OCc3cccnc3)CC2)cc1. The molecule has 0 unspecified atom stereocenters. The summed E-state index contributed by atoms with van der Waals surface area (Å²) in [5.74, 6) is 0.913. The average molecular weight is 389 g/mol. The van der Waals surface area contributed by atoms with Crippen LogP contribution in [0, 0.1) is 6.92 Å². The second kappa shape index (κ2) is 8.76. The lowest BCUT2D eigenvalue weighted by atomic mass is 9.84. The fourth-order valence-electron chi connectivity index (χ4n) is 3.89. The van der Waals surface area contributed by atoms with E-state index in [1.54, 1.807) is 6.20 Å². The Morgan fingerprint density at radius 1 is 1.00 bits per heavy atom. The first-order valence-electron chi connectivity index (χ1n) is 10.2. The smallest absolute Gasteiger partial charge is 0.124 e. The summed E-state index contributed by atoms with van der Waals surface area (Å²) in [6.07, 6.45) is 5.09. The van der Waals surface area contributed by atoms with Crippen molar-refractivity contribution in [2.75, 3.05) is 13.1 Å². The van der Waals surface area contributed by atoms with E-state index in [0.717, 1.165) is 49.4 Å². The number of aliphatic hydroxyl groups is 1. The minimum absolute atomic E-state index is 0.512. The molecule has 1 aliphatic heterocycles. The molecule has 1 aromatic heterocycles. The van der Waals surface area contributed by atoms with Crippen LogP contribution in [-0.2, 0) is 18.8 Å². The number of ether oxygens (including phenoxy) is 1. The maximum Gasteiger partial charge on any atom is 0.124 e. The summed E-state index contributed by atoms with van der Waals surface area (Å²) in [4.78, 5) is 6.54. The number of hydrogen-bond donors (Lipinski definition) is 1. The third-order valence-electron chi connectivity index (χ3n) is 5.76. The van der Waals surface area contributed by atoms with Crippen molar-refractivity contribution in [3.05, 3.63) is 95.3 Å². The van der Waals surface area contributed by atoms with Crippen LogP contribution in [0.2, 0.25) is 0 Å². The van der Waals surface area contributed by atoms with Crippen LogP contribution in [-0.4, -0.2) is 28.1 Å². The zero-order valence-electron chi connectivity index (χ0n) is 16.9. The van der Waals surface area contributed by atoms with Gasteiger partial charge in [0.05, 0.1) is 5.60 Å². The number of benzene rings is 2. The molecule has 3 aromatic rings. The molecular formula is C25H28N2O2. The van der Waals surface area contributed by atoms with Gasteiger partial charge in [-0.3, -0.25) is 9.88 Å². The van der Waals surface area contributed by atoms with Crippen molar-refractivity contribution in [1.29, 1.82) is 0 Å². The molecule has 4 rings (SSSR count). The van der Waals surface area contributed by atoms with Crippen molar-refractivity contribution >= 4 is 0 Å². The summed E-state index contributed by atoms with van der Waals surface area (Å²) in [5, 5.41) is 11.1. The van der Waals surface area contributed by atoms with Gasteiger partial charge < -0.3 is 9.84 Å². The second-order valence-electron chi connectivity index (χ2n) is 7.93. The van der Waals surface area contributed by atoms with Crippen LogP contribution in [0.25, 0.3) is 0 Å². The Balaban J connectivity index is 1.37. The molecular weight excluding hydrogens is 360 g/mol. The Bertz CT molecular complexity index is 917. The standard InChI is InChI=1S/C25H28N2O2/c1-20-8-10-23(11-9-20)25(28)12-15-27(16-13-25)18-22-6-2-3-7-24(22)29-19-21-5-4-14-26-17-21/h2-11,14,17,28H,12-13,15-16,18-19H2,1H3. The molecule has 4 heteroatoms. The second-order valence-corrected chi connectivity index (χ2v) is 7.93. The number of pyridine rings is 1. The quantitative estimate of drug-likeness (QED) is 0.678. The molecule has 1 fully saturated rings. The molecule has 2 aromatic carbocycles. The van der Waals surface area contributed by atoms with Gasteiger partial charge in [0, 0.05) is 43.2 Å². The Kier molecular flexibility index (Phi) is 5.93. The molecule has 0 amide bonds. The minimum atomic E-state index is -0.722. The Morgan fingerprint density at radius 2 is 1.76 bits per heavy atom. The number of piperidine rings is 1. The molecule has 0 atom stereocenters. The van der Waals surface area contributed by atoms with Gasteiger partial charge in [0.25, 0.3) is 0 Å². The largest absolute Gasteiger partial charge is 0.489 e. The predicted molar refractivity (Wildman–Crippen MR) is 115 cm³/mol. The van der Waals surface area contributed by atoms with Crippen LogP contribution in [0.4, 0.5) is 0 Å². The highest BCUT2D eigenvalue weighted by Gasteiger charge is 2.33. The number of aryl methyl sites for hydroxylation is 1. The monoisotopic (exact) mass is 388 g/mol. The summed E-state index contributed by atoms with van der Waals surface area (Å²) in [6, 6.07) is 20.4. The van der Waals surface area contributed by atoms with Gasteiger partial charge in [0.1, 0.15) is 12.4 Å². The third kappa shape index (κ3) is 4.84. The van der Waals surface area contributed by atoms with Crippen LogP contribution in [0.1, 0.15) is 35.1 Å². The van der Waals surface area contributed by atoms with Gasteiger partial charge in [0.15, 0.2) is 0 Å². The zero-order chi connectivity index (χ0) is 20.1. The molecule has 0 saturated carbocycles. The number of para-hydroxylation sites is 1. The van der Waals surface area contributed by atoms with Gasteiger partial charge in [-0.2, -0.15) is 0 Å². The molecule has 4 nitrogen and oxygen atoms in total. The fraction of sp³-hybridized carbons (Fsp3) is 0.320.